The van der Waals surface area contributed by atoms with Gasteiger partial charge in [0.1, 0.15) is 5.75 Å². The van der Waals surface area contributed by atoms with Crippen LogP contribution in [0, 0.1) is 27.7 Å². The second kappa shape index (κ2) is 9.39. The molecule has 6 nitrogen and oxygen atoms in total. The summed E-state index contributed by atoms with van der Waals surface area (Å²) < 4.78 is 5.74. The number of rotatable bonds is 5. The van der Waals surface area contributed by atoms with Crippen LogP contribution in [0.5, 0.6) is 5.75 Å². The van der Waals surface area contributed by atoms with Crippen LogP contribution < -0.4 is 9.64 Å². The summed E-state index contributed by atoms with van der Waals surface area (Å²) >= 11 is 0. The highest BCUT2D eigenvalue weighted by Gasteiger charge is 2.22. The third-order valence-corrected chi connectivity index (χ3v) is 5.97. The molecule has 0 bridgehead atoms. The summed E-state index contributed by atoms with van der Waals surface area (Å²) in [7, 11) is 0. The molecule has 1 aliphatic heterocycles. The SMILES string of the molecule is Cc1cc(C)cc(OCC(=O)N2CCN(c3ccc(-c4ccc(C)c(C)c4)nn3)CC2)c1. The van der Waals surface area contributed by atoms with E-state index in [0.29, 0.717) is 13.1 Å². The summed E-state index contributed by atoms with van der Waals surface area (Å²) in [6, 6.07) is 16.4. The van der Waals surface area contributed by atoms with Crippen LogP contribution in [0.3, 0.4) is 0 Å². The summed E-state index contributed by atoms with van der Waals surface area (Å²) in [5, 5.41) is 8.87. The number of hydrogen-bond acceptors (Lipinski definition) is 5. The fraction of sp³-hybridized carbons (Fsp3) is 0.346. The number of nitrogens with zero attached hydrogens (tertiary/aromatic N) is 4. The first-order valence-electron chi connectivity index (χ1n) is 11.0. The number of anilines is 1. The maximum atomic E-state index is 12.6. The van der Waals surface area contributed by atoms with Crippen LogP contribution in [-0.4, -0.2) is 53.8 Å². The fourth-order valence-corrected chi connectivity index (χ4v) is 3.99. The summed E-state index contributed by atoms with van der Waals surface area (Å²) in [6.07, 6.45) is 0. The zero-order chi connectivity index (χ0) is 22.7. The number of carbonyl (C=O) groups is 1. The van der Waals surface area contributed by atoms with Crippen LogP contribution in [0.15, 0.2) is 48.5 Å². The van der Waals surface area contributed by atoms with Gasteiger partial charge in [-0.05, 0) is 80.3 Å². The summed E-state index contributed by atoms with van der Waals surface area (Å²) in [5.41, 5.74) is 6.72. The lowest BCUT2D eigenvalue weighted by Gasteiger charge is -2.35. The molecule has 0 unspecified atom stereocenters. The second-order valence-electron chi connectivity index (χ2n) is 8.56. The molecular weight excluding hydrogens is 400 g/mol. The van der Waals surface area contributed by atoms with Gasteiger partial charge < -0.3 is 14.5 Å². The topological polar surface area (TPSA) is 58.6 Å². The normalized spacial score (nSPS) is 13.9. The minimum Gasteiger partial charge on any atom is -0.484 e. The number of aromatic nitrogens is 2. The van der Waals surface area contributed by atoms with Gasteiger partial charge in [0.25, 0.3) is 5.91 Å². The Morgan fingerprint density at radius 2 is 1.56 bits per heavy atom. The van der Waals surface area contributed by atoms with E-state index in [0.717, 1.165) is 47.0 Å². The third kappa shape index (κ3) is 5.07. The Hall–Kier alpha value is -3.41. The molecule has 0 N–H and O–H groups in total. The van der Waals surface area contributed by atoms with E-state index < -0.39 is 0 Å². The Morgan fingerprint density at radius 1 is 0.844 bits per heavy atom. The standard InChI is InChI=1S/C26H30N4O2/c1-18-13-19(2)15-23(14-18)32-17-26(31)30-11-9-29(10-12-30)25-8-7-24(27-28-25)22-6-5-20(3)21(4)16-22/h5-8,13-16H,9-12,17H2,1-4H3. The van der Waals surface area contributed by atoms with Gasteiger partial charge in [-0.2, -0.15) is 0 Å². The highest BCUT2D eigenvalue weighted by atomic mass is 16.5. The van der Waals surface area contributed by atoms with Gasteiger partial charge >= 0.3 is 0 Å². The van der Waals surface area contributed by atoms with E-state index in [4.69, 9.17) is 4.74 Å². The van der Waals surface area contributed by atoms with Crippen LogP contribution in [-0.2, 0) is 4.79 Å². The lowest BCUT2D eigenvalue weighted by atomic mass is 10.0. The zero-order valence-corrected chi connectivity index (χ0v) is 19.3. The van der Waals surface area contributed by atoms with Gasteiger partial charge in [0.2, 0.25) is 0 Å². The van der Waals surface area contributed by atoms with Gasteiger partial charge in [-0.3, -0.25) is 4.79 Å². The highest BCUT2D eigenvalue weighted by Crippen LogP contribution is 2.22. The van der Waals surface area contributed by atoms with Crippen molar-refractivity contribution in [2.45, 2.75) is 27.7 Å². The van der Waals surface area contributed by atoms with Crippen LogP contribution >= 0.6 is 0 Å². The monoisotopic (exact) mass is 430 g/mol. The third-order valence-electron chi connectivity index (χ3n) is 5.97. The maximum Gasteiger partial charge on any atom is 0.260 e. The number of amides is 1. The Balaban J connectivity index is 1.31. The zero-order valence-electron chi connectivity index (χ0n) is 19.3. The quantitative estimate of drug-likeness (QED) is 0.610. The largest absolute Gasteiger partial charge is 0.484 e. The van der Waals surface area contributed by atoms with Gasteiger partial charge in [-0.15, -0.1) is 10.2 Å². The van der Waals surface area contributed by atoms with E-state index in [1.807, 2.05) is 43.0 Å². The first-order chi connectivity index (χ1) is 15.4. The van der Waals surface area contributed by atoms with Crippen molar-refractivity contribution in [2.24, 2.45) is 0 Å². The van der Waals surface area contributed by atoms with E-state index in [1.54, 1.807) is 0 Å². The molecular formula is C26H30N4O2. The molecule has 166 valence electrons. The highest BCUT2D eigenvalue weighted by molar-refractivity contribution is 5.78. The second-order valence-corrected chi connectivity index (χ2v) is 8.56. The Morgan fingerprint density at radius 3 is 2.19 bits per heavy atom. The molecule has 2 aromatic carbocycles. The molecule has 1 aromatic heterocycles. The molecule has 2 heterocycles. The van der Waals surface area contributed by atoms with E-state index in [9.17, 15) is 4.79 Å². The molecule has 0 radical (unpaired) electrons. The van der Waals surface area contributed by atoms with E-state index in [1.165, 1.54) is 11.1 Å². The fourth-order valence-electron chi connectivity index (χ4n) is 3.99. The average molecular weight is 431 g/mol. The maximum absolute atomic E-state index is 12.6. The van der Waals surface area contributed by atoms with Crippen LogP contribution in [0.2, 0.25) is 0 Å². The van der Waals surface area contributed by atoms with Gasteiger partial charge in [0.15, 0.2) is 12.4 Å². The van der Waals surface area contributed by atoms with Crippen molar-refractivity contribution in [2.75, 3.05) is 37.7 Å². The number of hydrogen-bond donors (Lipinski definition) is 0. The molecule has 0 atom stereocenters. The van der Waals surface area contributed by atoms with E-state index in [2.05, 4.69) is 53.2 Å². The van der Waals surface area contributed by atoms with Crippen LogP contribution in [0.25, 0.3) is 11.3 Å². The number of piperazine rings is 1. The summed E-state index contributed by atoms with van der Waals surface area (Å²) in [4.78, 5) is 16.6. The van der Waals surface area contributed by atoms with Crippen LogP contribution in [0.1, 0.15) is 22.3 Å². The van der Waals surface area contributed by atoms with Gasteiger partial charge in [-0.1, -0.05) is 18.2 Å². The Labute approximate surface area is 189 Å². The molecule has 32 heavy (non-hydrogen) atoms. The van der Waals surface area contributed by atoms with Crippen molar-refractivity contribution in [3.63, 3.8) is 0 Å². The predicted octanol–water partition coefficient (Wildman–Crippen LogP) is 4.10. The molecule has 0 spiro atoms. The first-order valence-corrected chi connectivity index (χ1v) is 11.0. The lowest BCUT2D eigenvalue weighted by Crippen LogP contribution is -2.50. The minimum atomic E-state index is 0.0139. The first kappa shape index (κ1) is 21.8. The average Bonchev–Trinajstić information content (AvgIpc) is 2.79. The van der Waals surface area contributed by atoms with E-state index >= 15 is 0 Å². The van der Waals surface area contributed by atoms with Crippen molar-refractivity contribution in [3.05, 3.63) is 70.8 Å². The molecule has 3 aromatic rings. The van der Waals surface area contributed by atoms with Crippen molar-refractivity contribution < 1.29 is 9.53 Å². The predicted molar refractivity (Wildman–Crippen MR) is 127 cm³/mol. The number of benzene rings is 2. The number of aryl methyl sites for hydroxylation is 4. The molecule has 1 fully saturated rings. The van der Waals surface area contributed by atoms with Gasteiger partial charge in [-0.25, -0.2) is 0 Å². The van der Waals surface area contributed by atoms with Gasteiger partial charge in [0, 0.05) is 31.7 Å². The van der Waals surface area contributed by atoms with Crippen molar-refractivity contribution in [1.82, 2.24) is 15.1 Å². The van der Waals surface area contributed by atoms with Gasteiger partial charge in [0.05, 0.1) is 5.69 Å². The van der Waals surface area contributed by atoms with Crippen molar-refractivity contribution >= 4 is 11.7 Å². The molecule has 0 aliphatic carbocycles. The molecule has 1 aliphatic rings. The molecule has 4 rings (SSSR count). The number of ether oxygens (including phenoxy) is 1. The van der Waals surface area contributed by atoms with Crippen LogP contribution in [0.4, 0.5) is 5.82 Å². The lowest BCUT2D eigenvalue weighted by molar-refractivity contribution is -0.133. The molecule has 0 saturated carbocycles. The molecule has 1 saturated heterocycles. The summed E-state index contributed by atoms with van der Waals surface area (Å²) in [6.45, 7) is 11.1. The Kier molecular flexibility index (Phi) is 6.40. The molecule has 6 heteroatoms. The van der Waals surface area contributed by atoms with E-state index in [-0.39, 0.29) is 12.5 Å². The van der Waals surface area contributed by atoms with Crippen molar-refractivity contribution in [3.8, 4) is 17.0 Å². The summed E-state index contributed by atoms with van der Waals surface area (Å²) in [5.74, 6) is 1.60. The smallest absolute Gasteiger partial charge is 0.260 e. The Bertz CT molecular complexity index is 1080. The number of carbonyl (C=O) groups excluding carboxylic acids is 1. The van der Waals surface area contributed by atoms with Crippen molar-refractivity contribution in [1.29, 1.82) is 0 Å². The minimum absolute atomic E-state index is 0.0139. The molecule has 1 amide bonds.